The van der Waals surface area contributed by atoms with Gasteiger partial charge in [0.25, 0.3) is 0 Å². The number of hydrogen-bond donors (Lipinski definition) is 1. The van der Waals surface area contributed by atoms with Crippen LogP contribution in [0.5, 0.6) is 11.6 Å². The Hall–Kier alpha value is -3.42. The van der Waals surface area contributed by atoms with Crippen molar-refractivity contribution in [2.45, 2.75) is 13.1 Å². The first-order chi connectivity index (χ1) is 12.7. The van der Waals surface area contributed by atoms with Gasteiger partial charge in [0.05, 0.1) is 22.4 Å². The molecule has 0 radical (unpaired) electrons. The average molecular weight is 374 g/mol. The van der Waals surface area contributed by atoms with Crippen LogP contribution in [0, 0.1) is 6.92 Å². The fourth-order valence-electron chi connectivity index (χ4n) is 2.34. The molecule has 0 atom stereocenters. The van der Waals surface area contributed by atoms with Gasteiger partial charge >= 0.3 is 12.1 Å². The molecule has 5 nitrogen and oxygen atoms in total. The molecule has 2 heterocycles. The second-order valence-corrected chi connectivity index (χ2v) is 5.72. The summed E-state index contributed by atoms with van der Waals surface area (Å²) in [6.45, 7) is 1.84. The number of rotatable bonds is 4. The molecule has 3 aromatic rings. The van der Waals surface area contributed by atoms with Crippen LogP contribution in [0.4, 0.5) is 13.2 Å². The van der Waals surface area contributed by atoms with Crippen LogP contribution in [0.2, 0.25) is 0 Å². The van der Waals surface area contributed by atoms with Gasteiger partial charge in [-0.2, -0.15) is 13.2 Å². The quantitative estimate of drug-likeness (QED) is 0.699. The van der Waals surface area contributed by atoms with Crippen LogP contribution < -0.4 is 4.74 Å². The molecule has 1 aromatic carbocycles. The number of carboxylic acids is 1. The number of hydrogen-bond acceptors (Lipinski definition) is 4. The number of alkyl halides is 3. The summed E-state index contributed by atoms with van der Waals surface area (Å²) < 4.78 is 43.6. The summed E-state index contributed by atoms with van der Waals surface area (Å²) in [6.07, 6.45) is -1.78. The van der Waals surface area contributed by atoms with Crippen LogP contribution in [-0.2, 0) is 6.18 Å². The number of aromatic carboxylic acids is 1. The Morgan fingerprint density at radius 1 is 1.07 bits per heavy atom. The van der Waals surface area contributed by atoms with Gasteiger partial charge in [-0.25, -0.2) is 9.78 Å². The Bertz CT molecular complexity index is 986. The van der Waals surface area contributed by atoms with Gasteiger partial charge in [-0.05, 0) is 55.0 Å². The van der Waals surface area contributed by atoms with E-state index in [4.69, 9.17) is 4.74 Å². The van der Waals surface area contributed by atoms with E-state index in [9.17, 15) is 23.1 Å². The Balaban J connectivity index is 2.01. The predicted octanol–water partition coefficient (Wildman–Crippen LogP) is 4.96. The molecule has 0 bridgehead atoms. The van der Waals surface area contributed by atoms with E-state index >= 15 is 0 Å². The van der Waals surface area contributed by atoms with E-state index in [1.807, 2.05) is 6.92 Å². The molecule has 0 aliphatic heterocycles. The molecule has 8 heteroatoms. The van der Waals surface area contributed by atoms with Gasteiger partial charge in [-0.15, -0.1) is 0 Å². The molecule has 3 rings (SSSR count). The smallest absolute Gasteiger partial charge is 0.416 e. The van der Waals surface area contributed by atoms with Gasteiger partial charge in [0.1, 0.15) is 5.75 Å². The number of nitrogens with zero attached hydrogens (tertiary/aromatic N) is 2. The van der Waals surface area contributed by atoms with E-state index in [1.54, 1.807) is 18.3 Å². The van der Waals surface area contributed by atoms with E-state index in [2.05, 4.69) is 9.97 Å². The van der Waals surface area contributed by atoms with Crippen LogP contribution in [-0.4, -0.2) is 21.0 Å². The van der Waals surface area contributed by atoms with Crippen LogP contribution in [0.1, 0.15) is 21.5 Å². The van der Waals surface area contributed by atoms with Crippen molar-refractivity contribution in [2.24, 2.45) is 0 Å². The molecule has 0 aliphatic rings. The second kappa shape index (κ2) is 7.06. The van der Waals surface area contributed by atoms with Crippen LogP contribution >= 0.6 is 0 Å². The van der Waals surface area contributed by atoms with E-state index in [-0.39, 0.29) is 17.2 Å². The Morgan fingerprint density at radius 3 is 2.37 bits per heavy atom. The number of aryl methyl sites for hydroxylation is 1. The van der Waals surface area contributed by atoms with E-state index < -0.39 is 17.7 Å². The summed E-state index contributed by atoms with van der Waals surface area (Å²) in [5.74, 6) is -0.997. The largest absolute Gasteiger partial charge is 0.478 e. The third kappa shape index (κ3) is 4.22. The van der Waals surface area contributed by atoms with Gasteiger partial charge in [0.2, 0.25) is 5.88 Å². The molecule has 27 heavy (non-hydrogen) atoms. The molecule has 138 valence electrons. The number of carbonyl (C=O) groups is 1. The van der Waals surface area contributed by atoms with E-state index in [0.717, 1.165) is 23.9 Å². The highest BCUT2D eigenvalue weighted by molar-refractivity contribution is 5.89. The highest BCUT2D eigenvalue weighted by Crippen LogP contribution is 2.34. The molecule has 0 spiro atoms. The number of ether oxygens (including phenoxy) is 1. The summed E-state index contributed by atoms with van der Waals surface area (Å²) in [4.78, 5) is 19.4. The average Bonchev–Trinajstić information content (AvgIpc) is 2.61. The van der Waals surface area contributed by atoms with Gasteiger partial charge in [0, 0.05) is 12.4 Å². The van der Waals surface area contributed by atoms with E-state index in [1.165, 1.54) is 18.2 Å². The minimum atomic E-state index is -4.45. The second-order valence-electron chi connectivity index (χ2n) is 5.72. The Morgan fingerprint density at radius 2 is 1.78 bits per heavy atom. The number of carboxylic acid groups (broad SMARTS) is 1. The number of pyridine rings is 2. The maximum Gasteiger partial charge on any atom is 0.416 e. The molecule has 0 fully saturated rings. The van der Waals surface area contributed by atoms with Gasteiger partial charge < -0.3 is 9.84 Å². The molecular weight excluding hydrogens is 361 g/mol. The maximum atomic E-state index is 12.7. The summed E-state index contributed by atoms with van der Waals surface area (Å²) in [5.41, 5.74) is 0.782. The topological polar surface area (TPSA) is 72.3 Å². The van der Waals surface area contributed by atoms with Gasteiger partial charge in [-0.1, -0.05) is 0 Å². The Labute approximate surface area is 152 Å². The monoisotopic (exact) mass is 374 g/mol. The fourth-order valence-corrected chi connectivity index (χ4v) is 2.34. The normalized spacial score (nSPS) is 11.3. The van der Waals surface area contributed by atoms with Crippen molar-refractivity contribution in [2.75, 3.05) is 0 Å². The number of aromatic nitrogens is 2. The minimum Gasteiger partial charge on any atom is -0.478 e. The predicted molar refractivity (Wildman–Crippen MR) is 90.7 cm³/mol. The zero-order chi connectivity index (χ0) is 19.6. The minimum absolute atomic E-state index is 0.0397. The molecule has 0 amide bonds. The molecule has 0 aliphatic carbocycles. The zero-order valence-electron chi connectivity index (χ0n) is 14.0. The number of benzene rings is 1. The van der Waals surface area contributed by atoms with E-state index in [0.29, 0.717) is 11.3 Å². The lowest BCUT2D eigenvalue weighted by Crippen LogP contribution is -2.04. The zero-order valence-corrected chi connectivity index (χ0v) is 14.0. The lowest BCUT2D eigenvalue weighted by molar-refractivity contribution is -0.137. The highest BCUT2D eigenvalue weighted by atomic mass is 19.4. The van der Waals surface area contributed by atoms with Crippen molar-refractivity contribution in [3.63, 3.8) is 0 Å². The van der Waals surface area contributed by atoms with Crippen molar-refractivity contribution in [1.29, 1.82) is 0 Å². The SMILES string of the molecule is Cc1ccnc(-c2cc(C(=O)O)cnc2Oc2ccc(C(F)(F)F)cc2)c1. The third-order valence-electron chi connectivity index (χ3n) is 3.69. The summed E-state index contributed by atoms with van der Waals surface area (Å²) in [6, 6.07) is 8.98. The molecule has 2 aromatic heterocycles. The summed E-state index contributed by atoms with van der Waals surface area (Å²) in [5, 5.41) is 9.19. The van der Waals surface area contributed by atoms with Crippen LogP contribution in [0.25, 0.3) is 11.3 Å². The summed E-state index contributed by atoms with van der Waals surface area (Å²) in [7, 11) is 0. The molecular formula is C19H13F3N2O3. The first-order valence-electron chi connectivity index (χ1n) is 7.75. The Kier molecular flexibility index (Phi) is 4.81. The van der Waals surface area contributed by atoms with Crippen molar-refractivity contribution in [1.82, 2.24) is 9.97 Å². The molecule has 0 saturated carbocycles. The summed E-state index contributed by atoms with van der Waals surface area (Å²) >= 11 is 0. The van der Waals surface area contributed by atoms with Crippen molar-refractivity contribution in [3.8, 4) is 22.9 Å². The lowest BCUT2D eigenvalue weighted by Gasteiger charge is -2.12. The van der Waals surface area contributed by atoms with Gasteiger partial charge in [-0.3, -0.25) is 4.98 Å². The fraction of sp³-hybridized carbons (Fsp3) is 0.105. The first-order valence-corrected chi connectivity index (χ1v) is 7.75. The van der Waals surface area contributed by atoms with Gasteiger partial charge in [0.15, 0.2) is 0 Å². The molecule has 1 N–H and O–H groups in total. The molecule has 0 saturated heterocycles. The number of halogens is 3. The van der Waals surface area contributed by atoms with Crippen LogP contribution in [0.3, 0.4) is 0 Å². The van der Waals surface area contributed by atoms with Crippen molar-refractivity contribution >= 4 is 5.97 Å². The van der Waals surface area contributed by atoms with Crippen molar-refractivity contribution < 1.29 is 27.8 Å². The lowest BCUT2D eigenvalue weighted by atomic mass is 10.1. The first kappa shape index (κ1) is 18.4. The van der Waals surface area contributed by atoms with Crippen LogP contribution in [0.15, 0.2) is 54.9 Å². The standard InChI is InChI=1S/C19H13F3N2O3/c1-11-6-7-23-16(8-11)15-9-12(18(25)26)10-24-17(15)27-14-4-2-13(3-5-14)19(20,21)22/h2-10H,1H3,(H,25,26). The molecule has 0 unspecified atom stereocenters. The highest BCUT2D eigenvalue weighted by Gasteiger charge is 2.30. The van der Waals surface area contributed by atoms with Crippen molar-refractivity contribution in [3.05, 3.63) is 71.5 Å². The maximum absolute atomic E-state index is 12.7. The third-order valence-corrected chi connectivity index (χ3v) is 3.69.